The Morgan fingerprint density at radius 2 is 2.14 bits per heavy atom. The first-order valence-corrected chi connectivity index (χ1v) is 7.23. The molecule has 2 rings (SSSR count). The molecule has 6 heteroatoms. The average molecular weight is 302 g/mol. The quantitative estimate of drug-likeness (QED) is 0.825. The fourth-order valence-corrected chi connectivity index (χ4v) is 3.23. The van der Waals surface area contributed by atoms with E-state index in [4.69, 9.17) is 4.74 Å². The molecule has 1 aromatic heterocycles. The van der Waals surface area contributed by atoms with Gasteiger partial charge in [0.1, 0.15) is 5.82 Å². The average Bonchev–Trinajstić information content (AvgIpc) is 2.82. The maximum Gasteiger partial charge on any atom is 0.417 e. The van der Waals surface area contributed by atoms with E-state index in [9.17, 15) is 13.2 Å². The van der Waals surface area contributed by atoms with Crippen molar-refractivity contribution in [2.24, 2.45) is 0 Å². The normalized spacial score (nSPS) is 22.8. The van der Waals surface area contributed by atoms with E-state index in [-0.39, 0.29) is 5.54 Å². The van der Waals surface area contributed by atoms with Crippen molar-refractivity contribution in [1.29, 1.82) is 0 Å². The summed E-state index contributed by atoms with van der Waals surface area (Å²) in [5.74, 6) is 0.603. The van der Waals surface area contributed by atoms with Crippen molar-refractivity contribution in [2.45, 2.75) is 44.3 Å². The summed E-state index contributed by atoms with van der Waals surface area (Å²) >= 11 is 0. The Hall–Kier alpha value is -1.30. The van der Waals surface area contributed by atoms with Crippen LogP contribution in [0.4, 0.5) is 19.0 Å². The Morgan fingerprint density at radius 1 is 1.38 bits per heavy atom. The molecule has 0 amide bonds. The number of alkyl halides is 3. The molecular weight excluding hydrogens is 281 g/mol. The Bertz CT molecular complexity index is 453. The summed E-state index contributed by atoms with van der Waals surface area (Å²) in [5.41, 5.74) is -0.853. The Kier molecular flexibility index (Phi) is 4.76. The van der Waals surface area contributed by atoms with Crippen LogP contribution in [0.5, 0.6) is 0 Å². The molecule has 0 aromatic carbocycles. The van der Waals surface area contributed by atoms with Gasteiger partial charge in [-0.15, -0.1) is 0 Å². The van der Waals surface area contributed by atoms with Crippen LogP contribution < -0.4 is 4.90 Å². The second kappa shape index (κ2) is 6.22. The smallest absolute Gasteiger partial charge is 0.382 e. The SMILES string of the molecule is CCCC1(COC)CCCN1c1ccc(C(F)(F)F)cn1. The van der Waals surface area contributed by atoms with Gasteiger partial charge in [0.15, 0.2) is 0 Å². The highest BCUT2D eigenvalue weighted by Crippen LogP contribution is 2.38. The number of hydrogen-bond acceptors (Lipinski definition) is 3. The van der Waals surface area contributed by atoms with E-state index in [1.54, 1.807) is 7.11 Å². The van der Waals surface area contributed by atoms with E-state index < -0.39 is 11.7 Å². The summed E-state index contributed by atoms with van der Waals surface area (Å²) in [6.07, 6.45) is 0.508. The molecule has 1 atom stereocenters. The molecule has 0 radical (unpaired) electrons. The number of anilines is 1. The zero-order valence-corrected chi connectivity index (χ0v) is 12.4. The molecule has 0 spiro atoms. The van der Waals surface area contributed by atoms with Crippen LogP contribution in [0.1, 0.15) is 38.2 Å². The van der Waals surface area contributed by atoms with Crippen LogP contribution in [0.2, 0.25) is 0 Å². The molecule has 21 heavy (non-hydrogen) atoms. The van der Waals surface area contributed by atoms with Gasteiger partial charge in [-0.05, 0) is 31.4 Å². The molecule has 118 valence electrons. The first-order chi connectivity index (χ1) is 9.93. The van der Waals surface area contributed by atoms with Gasteiger partial charge in [0, 0.05) is 19.9 Å². The van der Waals surface area contributed by atoms with Crippen LogP contribution in [0.3, 0.4) is 0 Å². The molecule has 0 aliphatic carbocycles. The minimum Gasteiger partial charge on any atom is -0.382 e. The predicted molar refractivity (Wildman–Crippen MR) is 75.3 cm³/mol. The molecule has 0 bridgehead atoms. The Balaban J connectivity index is 2.26. The van der Waals surface area contributed by atoms with Gasteiger partial charge in [0.2, 0.25) is 0 Å². The monoisotopic (exact) mass is 302 g/mol. The van der Waals surface area contributed by atoms with Crippen LogP contribution in [-0.2, 0) is 10.9 Å². The highest BCUT2D eigenvalue weighted by Gasteiger charge is 2.41. The number of aromatic nitrogens is 1. The molecule has 1 unspecified atom stereocenters. The largest absolute Gasteiger partial charge is 0.417 e. The standard InChI is InChI=1S/C15H21F3N2O/c1-3-7-14(11-21-2)8-4-9-20(14)13-6-5-12(10-19-13)15(16,17)18/h5-6,10H,3-4,7-9,11H2,1-2H3. The third kappa shape index (κ3) is 3.31. The molecule has 3 nitrogen and oxygen atoms in total. The Morgan fingerprint density at radius 3 is 2.67 bits per heavy atom. The first kappa shape index (κ1) is 16.1. The van der Waals surface area contributed by atoms with Gasteiger partial charge < -0.3 is 9.64 Å². The van der Waals surface area contributed by atoms with Crippen molar-refractivity contribution >= 4 is 5.82 Å². The van der Waals surface area contributed by atoms with Crippen molar-refractivity contribution in [3.8, 4) is 0 Å². The van der Waals surface area contributed by atoms with Gasteiger partial charge in [0.05, 0.1) is 17.7 Å². The summed E-state index contributed by atoms with van der Waals surface area (Å²) in [6.45, 7) is 3.49. The van der Waals surface area contributed by atoms with E-state index >= 15 is 0 Å². The van der Waals surface area contributed by atoms with E-state index in [0.717, 1.165) is 44.5 Å². The molecule has 2 heterocycles. The zero-order valence-electron chi connectivity index (χ0n) is 12.4. The maximum absolute atomic E-state index is 12.6. The van der Waals surface area contributed by atoms with Gasteiger partial charge >= 0.3 is 6.18 Å². The molecule has 1 aromatic rings. The van der Waals surface area contributed by atoms with Crippen molar-refractivity contribution < 1.29 is 17.9 Å². The highest BCUT2D eigenvalue weighted by atomic mass is 19.4. The van der Waals surface area contributed by atoms with E-state index in [1.807, 2.05) is 0 Å². The summed E-state index contributed by atoms with van der Waals surface area (Å²) in [7, 11) is 1.66. The number of nitrogens with zero attached hydrogens (tertiary/aromatic N) is 2. The molecule has 1 saturated heterocycles. The zero-order chi connectivity index (χ0) is 15.5. The van der Waals surface area contributed by atoms with Crippen LogP contribution in [0, 0.1) is 0 Å². The van der Waals surface area contributed by atoms with Crippen molar-refractivity contribution in [1.82, 2.24) is 4.98 Å². The van der Waals surface area contributed by atoms with Crippen LogP contribution >= 0.6 is 0 Å². The fraction of sp³-hybridized carbons (Fsp3) is 0.667. The van der Waals surface area contributed by atoms with E-state index in [2.05, 4.69) is 16.8 Å². The van der Waals surface area contributed by atoms with Gasteiger partial charge in [-0.25, -0.2) is 4.98 Å². The number of pyridine rings is 1. The molecule has 1 aliphatic heterocycles. The Labute approximate surface area is 123 Å². The third-order valence-corrected chi connectivity index (χ3v) is 4.08. The van der Waals surface area contributed by atoms with Gasteiger partial charge in [0.25, 0.3) is 0 Å². The number of rotatable bonds is 5. The number of hydrogen-bond donors (Lipinski definition) is 0. The lowest BCUT2D eigenvalue weighted by Crippen LogP contribution is -2.48. The molecule has 0 N–H and O–H groups in total. The van der Waals surface area contributed by atoms with Crippen molar-refractivity contribution in [3.05, 3.63) is 23.9 Å². The predicted octanol–water partition coefficient (Wildman–Crippen LogP) is 3.89. The number of halogens is 3. The van der Waals surface area contributed by atoms with Gasteiger partial charge in [-0.2, -0.15) is 13.2 Å². The maximum atomic E-state index is 12.6. The lowest BCUT2D eigenvalue weighted by molar-refractivity contribution is -0.137. The van der Waals surface area contributed by atoms with Gasteiger partial charge in [-0.3, -0.25) is 0 Å². The lowest BCUT2D eigenvalue weighted by Gasteiger charge is -2.39. The van der Waals surface area contributed by atoms with E-state index in [1.165, 1.54) is 6.07 Å². The molecule has 1 fully saturated rings. The summed E-state index contributed by atoms with van der Waals surface area (Å²) in [6, 6.07) is 2.57. The van der Waals surface area contributed by atoms with Crippen LogP contribution in [-0.4, -0.2) is 30.8 Å². The summed E-state index contributed by atoms with van der Waals surface area (Å²) in [4.78, 5) is 6.15. The minimum atomic E-state index is -4.34. The van der Waals surface area contributed by atoms with Crippen molar-refractivity contribution in [2.75, 3.05) is 25.2 Å². The van der Waals surface area contributed by atoms with Crippen LogP contribution in [0.25, 0.3) is 0 Å². The molecule has 1 aliphatic rings. The number of ether oxygens (including phenoxy) is 1. The van der Waals surface area contributed by atoms with Crippen LogP contribution in [0.15, 0.2) is 18.3 Å². The second-order valence-corrected chi connectivity index (χ2v) is 5.57. The first-order valence-electron chi connectivity index (χ1n) is 7.23. The summed E-state index contributed by atoms with van der Waals surface area (Å²) < 4.78 is 43.2. The topological polar surface area (TPSA) is 25.4 Å². The lowest BCUT2D eigenvalue weighted by atomic mass is 9.91. The fourth-order valence-electron chi connectivity index (χ4n) is 3.23. The third-order valence-electron chi connectivity index (χ3n) is 4.08. The highest BCUT2D eigenvalue weighted by molar-refractivity contribution is 5.45. The van der Waals surface area contributed by atoms with Gasteiger partial charge in [-0.1, -0.05) is 13.3 Å². The molecular formula is C15H21F3N2O. The van der Waals surface area contributed by atoms with E-state index in [0.29, 0.717) is 12.4 Å². The minimum absolute atomic E-state index is 0.143. The second-order valence-electron chi connectivity index (χ2n) is 5.57. The molecule has 0 saturated carbocycles. The number of methoxy groups -OCH3 is 1. The summed E-state index contributed by atoms with van der Waals surface area (Å²) in [5, 5.41) is 0. The van der Waals surface area contributed by atoms with Crippen molar-refractivity contribution in [3.63, 3.8) is 0 Å².